The van der Waals surface area contributed by atoms with Crippen LogP contribution in [0.15, 0.2) is 0 Å². The zero-order valence-corrected chi connectivity index (χ0v) is 16.4. The van der Waals surface area contributed by atoms with Gasteiger partial charge in [0.05, 0.1) is 12.1 Å². The second kappa shape index (κ2) is 9.38. The molecule has 1 heterocycles. The molecule has 7 nitrogen and oxygen atoms in total. The molecule has 146 valence electrons. The van der Waals surface area contributed by atoms with Crippen LogP contribution in [0.4, 0.5) is 4.79 Å². The van der Waals surface area contributed by atoms with Crippen LogP contribution in [-0.4, -0.2) is 54.0 Å². The molecule has 3 unspecified atom stereocenters. The third-order valence-corrected chi connectivity index (χ3v) is 4.01. The Labute approximate surface area is 151 Å². The third-order valence-electron chi connectivity index (χ3n) is 4.01. The summed E-state index contributed by atoms with van der Waals surface area (Å²) in [5, 5.41) is 19.0. The van der Waals surface area contributed by atoms with Crippen molar-refractivity contribution in [3.8, 4) is 0 Å². The van der Waals surface area contributed by atoms with Crippen molar-refractivity contribution in [3.63, 3.8) is 0 Å². The molecule has 2 amide bonds. The van der Waals surface area contributed by atoms with Gasteiger partial charge in [-0.05, 0) is 52.0 Å². The first-order valence-corrected chi connectivity index (χ1v) is 9.16. The molecule has 1 aliphatic rings. The number of ether oxygens (including phenoxy) is 1. The minimum absolute atomic E-state index is 0.227. The van der Waals surface area contributed by atoms with Gasteiger partial charge in [0.25, 0.3) is 0 Å². The predicted octanol–water partition coefficient (Wildman–Crippen LogP) is 1.40. The molecule has 0 aromatic rings. The number of rotatable bonds is 5. The molecule has 0 aromatic carbocycles. The zero-order chi connectivity index (χ0) is 19.2. The maximum Gasteiger partial charge on any atom is 0.408 e. The van der Waals surface area contributed by atoms with Crippen LogP contribution in [0.1, 0.15) is 54.4 Å². The fourth-order valence-electron chi connectivity index (χ4n) is 2.88. The topological polar surface area (TPSA) is 99.7 Å². The monoisotopic (exact) mass is 357 g/mol. The van der Waals surface area contributed by atoms with Crippen molar-refractivity contribution in [2.24, 2.45) is 11.8 Å². The molecule has 1 fully saturated rings. The van der Waals surface area contributed by atoms with E-state index in [1.807, 2.05) is 13.8 Å². The van der Waals surface area contributed by atoms with E-state index < -0.39 is 23.8 Å². The van der Waals surface area contributed by atoms with Gasteiger partial charge in [-0.15, -0.1) is 0 Å². The quantitative estimate of drug-likeness (QED) is 0.596. The first-order valence-electron chi connectivity index (χ1n) is 9.16. The van der Waals surface area contributed by atoms with Crippen molar-refractivity contribution >= 4 is 12.0 Å². The molecule has 4 atom stereocenters. The van der Waals surface area contributed by atoms with Crippen molar-refractivity contribution in [3.05, 3.63) is 0 Å². The number of alkyl carbamates (subject to hydrolysis) is 1. The average molecular weight is 357 g/mol. The molecule has 0 bridgehead atoms. The Morgan fingerprint density at radius 3 is 2.48 bits per heavy atom. The highest BCUT2D eigenvalue weighted by atomic mass is 16.6. The lowest BCUT2D eigenvalue weighted by molar-refractivity contribution is -0.125. The molecule has 1 rings (SSSR count). The zero-order valence-electron chi connectivity index (χ0n) is 16.4. The van der Waals surface area contributed by atoms with Gasteiger partial charge in [-0.3, -0.25) is 4.79 Å². The van der Waals surface area contributed by atoms with E-state index in [2.05, 4.69) is 22.9 Å². The number of β-amino-alcohol motifs (C(OH)–C–C–N with tert-alkyl or cyclic N) is 1. The molecule has 0 aliphatic carbocycles. The maximum absolute atomic E-state index is 12.7. The van der Waals surface area contributed by atoms with Crippen molar-refractivity contribution in [1.29, 1.82) is 0 Å². The molecule has 0 spiro atoms. The van der Waals surface area contributed by atoms with E-state index in [4.69, 9.17) is 4.74 Å². The van der Waals surface area contributed by atoms with Crippen molar-refractivity contribution in [2.45, 2.75) is 78.2 Å². The Hall–Kier alpha value is -1.34. The second-order valence-electron chi connectivity index (χ2n) is 8.51. The second-order valence-corrected chi connectivity index (χ2v) is 8.51. The number of aliphatic hydroxyl groups excluding tert-OH is 1. The van der Waals surface area contributed by atoms with Crippen LogP contribution >= 0.6 is 0 Å². The van der Waals surface area contributed by atoms with E-state index in [-0.39, 0.29) is 17.9 Å². The molecular formula is C18H35N3O4. The minimum Gasteiger partial charge on any atom is -0.444 e. The van der Waals surface area contributed by atoms with E-state index in [1.54, 1.807) is 20.8 Å². The summed E-state index contributed by atoms with van der Waals surface area (Å²) >= 11 is 0. The molecule has 0 aromatic heterocycles. The lowest BCUT2D eigenvalue weighted by Crippen LogP contribution is -2.54. The van der Waals surface area contributed by atoms with E-state index in [0.717, 1.165) is 6.54 Å². The van der Waals surface area contributed by atoms with Gasteiger partial charge in [-0.1, -0.05) is 20.8 Å². The maximum atomic E-state index is 12.7. The Morgan fingerprint density at radius 1 is 1.28 bits per heavy atom. The Kier molecular flexibility index (Phi) is 8.15. The average Bonchev–Trinajstić information content (AvgIpc) is 2.57. The van der Waals surface area contributed by atoms with Gasteiger partial charge in [-0.25, -0.2) is 4.79 Å². The number of hydrogen-bond acceptors (Lipinski definition) is 5. The van der Waals surface area contributed by atoms with Gasteiger partial charge in [-0.2, -0.15) is 0 Å². The van der Waals surface area contributed by atoms with Crippen LogP contribution in [0.3, 0.4) is 0 Å². The summed E-state index contributed by atoms with van der Waals surface area (Å²) in [6.45, 7) is 12.7. The van der Waals surface area contributed by atoms with E-state index >= 15 is 0 Å². The van der Waals surface area contributed by atoms with Gasteiger partial charge in [0.2, 0.25) is 5.91 Å². The number of carbonyl (C=O) groups is 2. The largest absolute Gasteiger partial charge is 0.444 e. The Morgan fingerprint density at radius 2 is 1.92 bits per heavy atom. The summed E-state index contributed by atoms with van der Waals surface area (Å²) in [6.07, 6.45) is -0.0533. The van der Waals surface area contributed by atoms with Crippen molar-refractivity contribution < 1.29 is 19.4 Å². The standard InChI is InChI=1S/C18H35N3O4/c1-11(2)7-14(21-17(24)25-18(4,5)6)16(23)20-13-8-12(3)9-19-10-15(13)22/h11-15,19,22H,7-10H2,1-6H3,(H,20,23)(H,21,24)/t12?,13?,14-,15?/m0/s1. The molecule has 1 saturated heterocycles. The first-order chi connectivity index (χ1) is 11.5. The van der Waals surface area contributed by atoms with E-state index in [9.17, 15) is 14.7 Å². The van der Waals surface area contributed by atoms with Gasteiger partial charge >= 0.3 is 6.09 Å². The van der Waals surface area contributed by atoms with Gasteiger partial charge in [0.15, 0.2) is 0 Å². The van der Waals surface area contributed by atoms with Crippen LogP contribution in [0.2, 0.25) is 0 Å². The highest BCUT2D eigenvalue weighted by Gasteiger charge is 2.30. The van der Waals surface area contributed by atoms with Crippen LogP contribution in [0, 0.1) is 11.8 Å². The Bertz CT molecular complexity index is 448. The van der Waals surface area contributed by atoms with Gasteiger partial charge in [0.1, 0.15) is 11.6 Å². The molecule has 1 aliphatic heterocycles. The molecule has 0 saturated carbocycles. The molecule has 0 radical (unpaired) electrons. The summed E-state index contributed by atoms with van der Waals surface area (Å²) in [7, 11) is 0. The summed E-state index contributed by atoms with van der Waals surface area (Å²) < 4.78 is 5.26. The molecular weight excluding hydrogens is 322 g/mol. The molecule has 4 N–H and O–H groups in total. The number of hydrogen-bond donors (Lipinski definition) is 4. The minimum atomic E-state index is -0.687. The predicted molar refractivity (Wildman–Crippen MR) is 97.2 cm³/mol. The molecule has 25 heavy (non-hydrogen) atoms. The highest BCUT2D eigenvalue weighted by Crippen LogP contribution is 2.14. The molecule has 7 heteroatoms. The fraction of sp³-hybridized carbons (Fsp3) is 0.889. The van der Waals surface area contributed by atoms with E-state index in [1.165, 1.54) is 0 Å². The van der Waals surface area contributed by atoms with Crippen LogP contribution < -0.4 is 16.0 Å². The normalized spacial score (nSPS) is 25.8. The third kappa shape index (κ3) is 8.54. The number of amides is 2. The summed E-state index contributed by atoms with van der Waals surface area (Å²) in [4.78, 5) is 24.7. The summed E-state index contributed by atoms with van der Waals surface area (Å²) in [5.41, 5.74) is -0.623. The SMILES string of the molecule is CC(C)C[C@H](NC(=O)OC(C)(C)C)C(=O)NC1CC(C)CNCC1O. The number of nitrogens with one attached hydrogen (secondary N) is 3. The van der Waals surface area contributed by atoms with Gasteiger partial charge in [0, 0.05) is 6.54 Å². The number of aliphatic hydroxyl groups is 1. The van der Waals surface area contributed by atoms with Crippen LogP contribution in [0.5, 0.6) is 0 Å². The smallest absolute Gasteiger partial charge is 0.408 e. The van der Waals surface area contributed by atoms with Crippen molar-refractivity contribution in [1.82, 2.24) is 16.0 Å². The van der Waals surface area contributed by atoms with Crippen LogP contribution in [-0.2, 0) is 9.53 Å². The lowest BCUT2D eigenvalue weighted by Gasteiger charge is -2.28. The lowest BCUT2D eigenvalue weighted by atomic mass is 9.98. The number of carbonyl (C=O) groups excluding carboxylic acids is 2. The van der Waals surface area contributed by atoms with Crippen LogP contribution in [0.25, 0.3) is 0 Å². The fourth-order valence-corrected chi connectivity index (χ4v) is 2.88. The first kappa shape index (κ1) is 21.7. The summed E-state index contributed by atoms with van der Waals surface area (Å²) in [6, 6.07) is -1.01. The van der Waals surface area contributed by atoms with Crippen molar-refractivity contribution in [2.75, 3.05) is 13.1 Å². The van der Waals surface area contributed by atoms with Gasteiger partial charge < -0.3 is 25.8 Å². The Balaban J connectivity index is 2.73. The summed E-state index contributed by atoms with van der Waals surface area (Å²) in [5.74, 6) is 0.299. The highest BCUT2D eigenvalue weighted by molar-refractivity contribution is 5.86. The van der Waals surface area contributed by atoms with E-state index in [0.29, 0.717) is 25.3 Å².